The van der Waals surface area contributed by atoms with E-state index in [0.29, 0.717) is 0 Å². The summed E-state index contributed by atoms with van der Waals surface area (Å²) in [5, 5.41) is 0. The highest BCUT2D eigenvalue weighted by Crippen LogP contribution is 1.98. The van der Waals surface area contributed by atoms with Gasteiger partial charge in [0.25, 0.3) is 0 Å². The molecule has 72 valence electrons. The van der Waals surface area contributed by atoms with E-state index >= 15 is 0 Å². The van der Waals surface area contributed by atoms with Gasteiger partial charge in [0.2, 0.25) is 0 Å². The van der Waals surface area contributed by atoms with E-state index in [2.05, 4.69) is 47.8 Å². The SMILES string of the molecule is CN1CN(C)CN(C)CN(C)C1. The average Bonchev–Trinajstić information content (AvgIpc) is 1.81. The highest BCUT2D eigenvalue weighted by atomic mass is 15.5. The van der Waals surface area contributed by atoms with Crippen molar-refractivity contribution in [1.29, 1.82) is 0 Å². The Bertz CT molecular complexity index is 99.0. The lowest BCUT2D eigenvalue weighted by molar-refractivity contribution is 0.0149. The quantitative estimate of drug-likeness (QED) is 0.491. The maximum Gasteiger partial charge on any atom is 0.0523 e. The van der Waals surface area contributed by atoms with Crippen LogP contribution >= 0.6 is 0 Å². The molecule has 1 heterocycles. The molecule has 4 heteroatoms. The van der Waals surface area contributed by atoms with E-state index in [-0.39, 0.29) is 0 Å². The molecular formula is C8H20N4. The third-order valence-electron chi connectivity index (χ3n) is 1.93. The Balaban J connectivity index is 2.45. The molecule has 0 bridgehead atoms. The Morgan fingerprint density at radius 3 is 0.833 bits per heavy atom. The van der Waals surface area contributed by atoms with Crippen molar-refractivity contribution in [2.24, 2.45) is 0 Å². The largest absolute Gasteiger partial charge is 0.280 e. The van der Waals surface area contributed by atoms with E-state index in [1.54, 1.807) is 0 Å². The van der Waals surface area contributed by atoms with E-state index in [0.717, 1.165) is 26.7 Å². The molecule has 12 heavy (non-hydrogen) atoms. The minimum Gasteiger partial charge on any atom is -0.280 e. The Morgan fingerprint density at radius 2 is 0.667 bits per heavy atom. The number of rotatable bonds is 0. The van der Waals surface area contributed by atoms with Crippen LogP contribution in [0.5, 0.6) is 0 Å². The van der Waals surface area contributed by atoms with Crippen molar-refractivity contribution in [2.45, 2.75) is 0 Å². The fourth-order valence-electron chi connectivity index (χ4n) is 1.83. The van der Waals surface area contributed by atoms with Crippen LogP contribution in [-0.2, 0) is 0 Å². The minimum absolute atomic E-state index is 1.04. The van der Waals surface area contributed by atoms with Crippen molar-refractivity contribution < 1.29 is 0 Å². The molecule has 0 aromatic carbocycles. The van der Waals surface area contributed by atoms with Crippen molar-refractivity contribution in [3.05, 3.63) is 0 Å². The molecule has 1 saturated heterocycles. The van der Waals surface area contributed by atoms with Crippen molar-refractivity contribution in [3.8, 4) is 0 Å². The molecule has 0 radical (unpaired) electrons. The van der Waals surface area contributed by atoms with Gasteiger partial charge >= 0.3 is 0 Å². The summed E-state index contributed by atoms with van der Waals surface area (Å²) in [6.07, 6.45) is 0. The third kappa shape index (κ3) is 3.06. The maximum absolute atomic E-state index is 2.31. The van der Waals surface area contributed by atoms with Crippen LogP contribution in [0.4, 0.5) is 0 Å². The predicted molar refractivity (Wildman–Crippen MR) is 50.5 cm³/mol. The van der Waals surface area contributed by atoms with Crippen LogP contribution < -0.4 is 0 Å². The van der Waals surface area contributed by atoms with E-state index in [1.807, 2.05) is 0 Å². The molecule has 0 aromatic heterocycles. The van der Waals surface area contributed by atoms with Crippen LogP contribution in [0.2, 0.25) is 0 Å². The highest BCUT2D eigenvalue weighted by Gasteiger charge is 2.13. The first-order valence-electron chi connectivity index (χ1n) is 4.32. The second-order valence-electron chi connectivity index (χ2n) is 3.99. The molecule has 4 nitrogen and oxygen atoms in total. The number of nitrogens with zero attached hydrogens (tertiary/aromatic N) is 4. The summed E-state index contributed by atoms with van der Waals surface area (Å²) in [6, 6.07) is 0. The molecule has 0 amide bonds. The molecule has 0 atom stereocenters. The molecule has 0 unspecified atom stereocenters. The lowest BCUT2D eigenvalue weighted by atomic mass is 10.6. The first kappa shape index (κ1) is 9.92. The first-order chi connectivity index (χ1) is 5.58. The van der Waals surface area contributed by atoms with Crippen LogP contribution in [0.15, 0.2) is 0 Å². The standard InChI is InChI=1S/C8H20N4/c1-9-5-10(2)7-12(4)8-11(3)6-9/h5-8H2,1-4H3. The van der Waals surface area contributed by atoms with Gasteiger partial charge in [-0.1, -0.05) is 0 Å². The van der Waals surface area contributed by atoms with Crippen molar-refractivity contribution in [3.63, 3.8) is 0 Å². The summed E-state index contributed by atoms with van der Waals surface area (Å²) < 4.78 is 0. The highest BCUT2D eigenvalue weighted by molar-refractivity contribution is 4.59. The van der Waals surface area contributed by atoms with Gasteiger partial charge in [0.15, 0.2) is 0 Å². The molecule has 0 spiro atoms. The van der Waals surface area contributed by atoms with Crippen molar-refractivity contribution >= 4 is 0 Å². The Kier molecular flexibility index (Phi) is 3.46. The molecule has 1 fully saturated rings. The van der Waals surface area contributed by atoms with E-state index in [1.165, 1.54) is 0 Å². The lowest BCUT2D eigenvalue weighted by Crippen LogP contribution is -2.50. The van der Waals surface area contributed by atoms with Gasteiger partial charge in [0, 0.05) is 0 Å². The summed E-state index contributed by atoms with van der Waals surface area (Å²) in [5.74, 6) is 0. The summed E-state index contributed by atoms with van der Waals surface area (Å²) in [4.78, 5) is 9.25. The smallest absolute Gasteiger partial charge is 0.0523 e. The van der Waals surface area contributed by atoms with Gasteiger partial charge in [-0.2, -0.15) is 0 Å². The molecule has 1 aliphatic rings. The first-order valence-corrected chi connectivity index (χ1v) is 4.32. The monoisotopic (exact) mass is 172 g/mol. The molecule has 0 N–H and O–H groups in total. The molecule has 1 rings (SSSR count). The Hall–Kier alpha value is -0.160. The van der Waals surface area contributed by atoms with Gasteiger partial charge in [-0.3, -0.25) is 19.6 Å². The van der Waals surface area contributed by atoms with E-state index in [4.69, 9.17) is 0 Å². The van der Waals surface area contributed by atoms with Gasteiger partial charge in [-0.15, -0.1) is 0 Å². The van der Waals surface area contributed by atoms with Gasteiger partial charge in [0.1, 0.15) is 0 Å². The summed E-state index contributed by atoms with van der Waals surface area (Å²) in [6.45, 7) is 4.15. The van der Waals surface area contributed by atoms with Crippen molar-refractivity contribution in [1.82, 2.24) is 19.6 Å². The molecule has 0 aliphatic carbocycles. The fourth-order valence-corrected chi connectivity index (χ4v) is 1.83. The summed E-state index contributed by atoms with van der Waals surface area (Å²) in [5.41, 5.74) is 0. The van der Waals surface area contributed by atoms with Crippen molar-refractivity contribution in [2.75, 3.05) is 54.9 Å². The molecule has 0 saturated carbocycles. The number of hydrogen-bond acceptors (Lipinski definition) is 4. The van der Waals surface area contributed by atoms with Gasteiger partial charge < -0.3 is 0 Å². The van der Waals surface area contributed by atoms with Gasteiger partial charge in [0.05, 0.1) is 26.7 Å². The zero-order chi connectivity index (χ0) is 9.14. The van der Waals surface area contributed by atoms with Crippen LogP contribution in [0, 0.1) is 0 Å². The van der Waals surface area contributed by atoms with Crippen LogP contribution in [-0.4, -0.2) is 74.5 Å². The molecule has 1 aliphatic heterocycles. The fraction of sp³-hybridized carbons (Fsp3) is 1.00. The normalized spacial score (nSPS) is 27.0. The summed E-state index contributed by atoms with van der Waals surface area (Å²) in [7, 11) is 8.60. The molecule has 0 aromatic rings. The minimum atomic E-state index is 1.04. The maximum atomic E-state index is 2.31. The number of hydrogen-bond donors (Lipinski definition) is 0. The lowest BCUT2D eigenvalue weighted by Gasteiger charge is -2.36. The van der Waals surface area contributed by atoms with Crippen LogP contribution in [0.25, 0.3) is 0 Å². The Labute approximate surface area is 75.3 Å². The topological polar surface area (TPSA) is 13.0 Å². The Morgan fingerprint density at radius 1 is 0.500 bits per heavy atom. The molecular weight excluding hydrogens is 152 g/mol. The summed E-state index contributed by atoms with van der Waals surface area (Å²) >= 11 is 0. The third-order valence-corrected chi connectivity index (χ3v) is 1.93. The second-order valence-corrected chi connectivity index (χ2v) is 3.99. The van der Waals surface area contributed by atoms with Gasteiger partial charge in [-0.05, 0) is 28.2 Å². The van der Waals surface area contributed by atoms with E-state index in [9.17, 15) is 0 Å². The average molecular weight is 172 g/mol. The van der Waals surface area contributed by atoms with Crippen LogP contribution in [0.1, 0.15) is 0 Å². The second kappa shape index (κ2) is 4.18. The van der Waals surface area contributed by atoms with Gasteiger partial charge in [-0.25, -0.2) is 0 Å². The van der Waals surface area contributed by atoms with E-state index < -0.39 is 0 Å². The zero-order valence-electron chi connectivity index (χ0n) is 8.62. The predicted octanol–water partition coefficient (Wildman–Crippen LogP) is -0.443. The zero-order valence-corrected chi connectivity index (χ0v) is 8.62. The van der Waals surface area contributed by atoms with Crippen LogP contribution in [0.3, 0.4) is 0 Å².